The molecule has 0 fully saturated rings. The van der Waals surface area contributed by atoms with Gasteiger partial charge in [-0.1, -0.05) is 121 Å². The number of nitrogens with zero attached hydrogens (tertiary/aromatic N) is 1. The molecule has 1 N–H and O–H groups in total. The summed E-state index contributed by atoms with van der Waals surface area (Å²) in [6.07, 6.45) is 0.843. The van der Waals surface area contributed by atoms with E-state index in [9.17, 15) is 0 Å². The highest BCUT2D eigenvalue weighted by molar-refractivity contribution is 5.91. The molecule has 248 valence electrons. The smallest absolute Gasteiger partial charge is 0.151 e. The summed E-state index contributed by atoms with van der Waals surface area (Å²) < 4.78 is 20.2. The second-order valence-corrected chi connectivity index (χ2v) is 13.6. The van der Waals surface area contributed by atoms with E-state index in [0.717, 1.165) is 109 Å². The standard InChI is InChI=1S/C47H32N2O3/c1-3-12-30(13-4-1)31-22-24-37-43(28-31)50-39-19-9-7-17-35(39)47(37)36-18-8-10-20-40(36)51-44-29-32(23-25-38(44)47)34-16-11-21-41-45(34)49(33-14-5-2-6-15-33)46-42(52-41)26-27-48-46/h1-25,28-29,48H,26-27H2. The summed E-state index contributed by atoms with van der Waals surface area (Å²) >= 11 is 0. The van der Waals surface area contributed by atoms with E-state index in [1.807, 2.05) is 12.1 Å². The Bertz CT molecular complexity index is 2580. The van der Waals surface area contributed by atoms with E-state index < -0.39 is 5.41 Å². The third kappa shape index (κ3) is 4.11. The molecular weight excluding hydrogens is 641 g/mol. The molecule has 52 heavy (non-hydrogen) atoms. The van der Waals surface area contributed by atoms with E-state index in [2.05, 4.69) is 162 Å². The van der Waals surface area contributed by atoms with Crippen molar-refractivity contribution in [2.75, 3.05) is 11.4 Å². The van der Waals surface area contributed by atoms with Gasteiger partial charge >= 0.3 is 0 Å². The molecule has 0 amide bonds. The molecule has 4 aliphatic heterocycles. The van der Waals surface area contributed by atoms with E-state index in [-0.39, 0.29) is 0 Å². The zero-order valence-corrected chi connectivity index (χ0v) is 28.2. The molecule has 7 aromatic rings. The number of benzene rings is 7. The molecule has 4 aliphatic rings. The number of rotatable bonds is 3. The maximum Gasteiger partial charge on any atom is 0.151 e. The van der Waals surface area contributed by atoms with Crippen LogP contribution in [0.15, 0.2) is 175 Å². The Morgan fingerprint density at radius 2 is 1.04 bits per heavy atom. The van der Waals surface area contributed by atoms with Crippen molar-refractivity contribution in [3.05, 3.63) is 198 Å². The van der Waals surface area contributed by atoms with Gasteiger partial charge in [-0.2, -0.15) is 0 Å². The normalized spacial score (nSPS) is 17.3. The minimum absolute atomic E-state index is 0.676. The molecule has 4 heterocycles. The van der Waals surface area contributed by atoms with Gasteiger partial charge in [0.1, 0.15) is 28.8 Å². The van der Waals surface area contributed by atoms with E-state index in [1.54, 1.807) is 0 Å². The van der Waals surface area contributed by atoms with Crippen LogP contribution in [0.3, 0.4) is 0 Å². The Balaban J connectivity index is 1.14. The maximum absolute atomic E-state index is 6.91. The zero-order chi connectivity index (χ0) is 34.2. The lowest BCUT2D eigenvalue weighted by molar-refractivity contribution is 0.399. The van der Waals surface area contributed by atoms with Crippen LogP contribution in [-0.4, -0.2) is 6.54 Å². The van der Waals surface area contributed by atoms with Crippen molar-refractivity contribution in [3.63, 3.8) is 0 Å². The molecule has 5 heteroatoms. The summed E-state index contributed by atoms with van der Waals surface area (Å²) in [5.74, 6) is 6.12. The van der Waals surface area contributed by atoms with Crippen LogP contribution < -0.4 is 24.4 Å². The molecule has 11 rings (SSSR count). The van der Waals surface area contributed by atoms with Gasteiger partial charge in [-0.05, 0) is 59.2 Å². The van der Waals surface area contributed by atoms with Crippen LogP contribution in [0.4, 0.5) is 11.4 Å². The lowest BCUT2D eigenvalue weighted by atomic mass is 9.62. The third-order valence-electron chi connectivity index (χ3n) is 10.8. The first-order valence-electron chi connectivity index (χ1n) is 17.8. The second kappa shape index (κ2) is 11.1. The van der Waals surface area contributed by atoms with Crippen molar-refractivity contribution in [3.8, 4) is 51.0 Å². The topological polar surface area (TPSA) is 43.0 Å². The molecule has 0 aromatic heterocycles. The average Bonchev–Trinajstić information content (AvgIpc) is 3.68. The van der Waals surface area contributed by atoms with Crippen LogP contribution in [0.2, 0.25) is 0 Å². The summed E-state index contributed by atoms with van der Waals surface area (Å²) in [4.78, 5) is 2.31. The minimum atomic E-state index is -0.676. The Kier molecular flexibility index (Phi) is 6.23. The number of nitrogens with one attached hydrogen (secondary N) is 1. The molecule has 0 radical (unpaired) electrons. The summed E-state index contributed by atoms with van der Waals surface area (Å²) in [5, 5.41) is 3.60. The number of hydrogen-bond acceptors (Lipinski definition) is 5. The predicted molar refractivity (Wildman–Crippen MR) is 205 cm³/mol. The Labute approximate surface area is 302 Å². The molecule has 0 saturated carbocycles. The molecule has 7 aromatic carbocycles. The van der Waals surface area contributed by atoms with Crippen molar-refractivity contribution in [2.24, 2.45) is 0 Å². The fourth-order valence-electron chi connectivity index (χ4n) is 8.61. The molecule has 5 nitrogen and oxygen atoms in total. The van der Waals surface area contributed by atoms with Crippen LogP contribution in [0, 0.1) is 0 Å². The fraction of sp³-hybridized carbons (Fsp3) is 0.0638. The first-order chi connectivity index (χ1) is 25.8. The largest absolute Gasteiger partial charge is 0.457 e. The van der Waals surface area contributed by atoms with Gasteiger partial charge in [-0.3, -0.25) is 4.90 Å². The monoisotopic (exact) mass is 672 g/mol. The van der Waals surface area contributed by atoms with Crippen LogP contribution in [0.25, 0.3) is 22.3 Å². The van der Waals surface area contributed by atoms with Gasteiger partial charge in [0.05, 0.1) is 11.1 Å². The number of fused-ring (bicyclic) bond motifs is 9. The average molecular weight is 673 g/mol. The first kappa shape index (κ1) is 29.1. The SMILES string of the molecule is c1ccc(-c2ccc3c(c2)Oc2ccccc2C32c3ccccc3Oc3cc(-c4cccc5c4N(c4ccccc4)C4=C(CCN4)O5)ccc32)cc1. The van der Waals surface area contributed by atoms with Crippen molar-refractivity contribution in [2.45, 2.75) is 11.8 Å². The zero-order valence-electron chi connectivity index (χ0n) is 28.2. The van der Waals surface area contributed by atoms with Gasteiger partial charge in [-0.15, -0.1) is 0 Å². The summed E-state index contributed by atoms with van der Waals surface area (Å²) in [6, 6.07) is 57.5. The lowest BCUT2D eigenvalue weighted by Crippen LogP contribution is -2.36. The van der Waals surface area contributed by atoms with Gasteiger partial charge in [0, 0.05) is 46.5 Å². The number of ether oxygens (including phenoxy) is 3. The third-order valence-corrected chi connectivity index (χ3v) is 10.8. The number of anilines is 2. The Morgan fingerprint density at radius 3 is 1.75 bits per heavy atom. The highest BCUT2D eigenvalue weighted by Crippen LogP contribution is 2.62. The highest BCUT2D eigenvalue weighted by Gasteiger charge is 2.50. The molecular formula is C47H32N2O3. The molecule has 0 saturated heterocycles. The van der Waals surface area contributed by atoms with Crippen LogP contribution in [-0.2, 0) is 5.41 Å². The summed E-state index contributed by atoms with van der Waals surface area (Å²) in [5.41, 5.74) is 10.1. The Morgan fingerprint density at radius 1 is 0.462 bits per heavy atom. The molecule has 1 atom stereocenters. The van der Waals surface area contributed by atoms with E-state index >= 15 is 0 Å². The van der Waals surface area contributed by atoms with Gasteiger partial charge < -0.3 is 19.5 Å². The lowest BCUT2D eigenvalue weighted by Gasteiger charge is -2.45. The second-order valence-electron chi connectivity index (χ2n) is 13.6. The van der Waals surface area contributed by atoms with Crippen molar-refractivity contribution >= 4 is 11.4 Å². The molecule has 0 bridgehead atoms. The molecule has 1 unspecified atom stereocenters. The molecule has 1 spiro atoms. The summed E-state index contributed by atoms with van der Waals surface area (Å²) in [6.45, 7) is 0.838. The highest BCUT2D eigenvalue weighted by atomic mass is 16.5. The molecule has 0 aliphatic carbocycles. The first-order valence-corrected chi connectivity index (χ1v) is 17.8. The minimum Gasteiger partial charge on any atom is -0.457 e. The van der Waals surface area contributed by atoms with Crippen molar-refractivity contribution in [1.82, 2.24) is 5.32 Å². The van der Waals surface area contributed by atoms with Gasteiger partial charge in [0.2, 0.25) is 0 Å². The van der Waals surface area contributed by atoms with Crippen molar-refractivity contribution < 1.29 is 14.2 Å². The number of hydrogen-bond donors (Lipinski definition) is 1. The van der Waals surface area contributed by atoms with Gasteiger partial charge in [0.25, 0.3) is 0 Å². The van der Waals surface area contributed by atoms with Gasteiger partial charge in [-0.25, -0.2) is 0 Å². The van der Waals surface area contributed by atoms with E-state index in [4.69, 9.17) is 14.2 Å². The predicted octanol–water partition coefficient (Wildman–Crippen LogP) is 11.3. The maximum atomic E-state index is 6.91. The number of para-hydroxylation sites is 4. The van der Waals surface area contributed by atoms with Crippen LogP contribution in [0.5, 0.6) is 28.7 Å². The van der Waals surface area contributed by atoms with E-state index in [0.29, 0.717) is 0 Å². The quantitative estimate of drug-likeness (QED) is 0.202. The van der Waals surface area contributed by atoms with Crippen LogP contribution in [0.1, 0.15) is 28.7 Å². The van der Waals surface area contributed by atoms with Crippen molar-refractivity contribution in [1.29, 1.82) is 0 Å². The summed E-state index contributed by atoms with van der Waals surface area (Å²) in [7, 11) is 0. The van der Waals surface area contributed by atoms with E-state index in [1.165, 1.54) is 0 Å². The van der Waals surface area contributed by atoms with Crippen LogP contribution >= 0.6 is 0 Å². The Hall–Kier alpha value is -6.72. The van der Waals surface area contributed by atoms with Gasteiger partial charge in [0.15, 0.2) is 11.6 Å². The fourth-order valence-corrected chi connectivity index (χ4v) is 8.61.